The van der Waals surface area contributed by atoms with Gasteiger partial charge in [-0.25, -0.2) is 4.98 Å². The van der Waals surface area contributed by atoms with Crippen LogP contribution in [0.3, 0.4) is 0 Å². The Hall–Kier alpha value is -3.61. The van der Waals surface area contributed by atoms with Crippen LogP contribution in [0.4, 0.5) is 5.95 Å². The molecule has 2 amide bonds. The Balaban J connectivity index is 1.34. The number of H-pyrrole nitrogens is 1. The zero-order valence-corrected chi connectivity index (χ0v) is 15.2. The summed E-state index contributed by atoms with van der Waals surface area (Å²) >= 11 is 0. The summed E-state index contributed by atoms with van der Waals surface area (Å²) in [4.78, 5) is 31.9. The first-order valence-electron chi connectivity index (χ1n) is 9.11. The molecule has 0 unspecified atom stereocenters. The van der Waals surface area contributed by atoms with Crippen LogP contribution in [0.15, 0.2) is 60.8 Å². The Morgan fingerprint density at radius 3 is 2.39 bits per heavy atom. The first kappa shape index (κ1) is 17.8. The molecule has 2 aromatic carbocycles. The Morgan fingerprint density at radius 2 is 1.79 bits per heavy atom. The van der Waals surface area contributed by atoms with Gasteiger partial charge in [0, 0.05) is 12.1 Å². The van der Waals surface area contributed by atoms with Crippen molar-refractivity contribution in [1.29, 1.82) is 0 Å². The second kappa shape index (κ2) is 7.19. The standard InChI is InChI=1S/C21H21N5O2/c22-20-24-13-17(25-20)15-8-6-14(7-9-15)12-23-19(28)21(10-11-21)26-18(27)16-4-2-1-3-5-16/h1-9,13H,10-12H2,(H,23,28)(H,26,27)(H3,22,24,25). The average Bonchev–Trinajstić information content (AvgIpc) is 3.38. The molecule has 7 nitrogen and oxygen atoms in total. The summed E-state index contributed by atoms with van der Waals surface area (Å²) in [6, 6.07) is 16.7. The highest BCUT2D eigenvalue weighted by Crippen LogP contribution is 2.36. The van der Waals surface area contributed by atoms with E-state index in [4.69, 9.17) is 5.73 Å². The van der Waals surface area contributed by atoms with Gasteiger partial charge < -0.3 is 21.4 Å². The fraction of sp³-hybridized carbons (Fsp3) is 0.190. The number of rotatable bonds is 6. The Morgan fingerprint density at radius 1 is 1.07 bits per heavy atom. The summed E-state index contributed by atoms with van der Waals surface area (Å²) in [7, 11) is 0. The van der Waals surface area contributed by atoms with Crippen LogP contribution < -0.4 is 16.4 Å². The van der Waals surface area contributed by atoms with Crippen LogP contribution in [0.5, 0.6) is 0 Å². The van der Waals surface area contributed by atoms with E-state index in [2.05, 4.69) is 20.6 Å². The van der Waals surface area contributed by atoms with Crippen LogP contribution in [0.2, 0.25) is 0 Å². The van der Waals surface area contributed by atoms with Gasteiger partial charge in [-0.2, -0.15) is 0 Å². The largest absolute Gasteiger partial charge is 0.369 e. The molecule has 142 valence electrons. The molecule has 28 heavy (non-hydrogen) atoms. The fourth-order valence-corrected chi connectivity index (χ4v) is 3.05. The number of aromatic amines is 1. The lowest BCUT2D eigenvalue weighted by Gasteiger charge is -2.17. The second-order valence-corrected chi connectivity index (χ2v) is 6.96. The van der Waals surface area contributed by atoms with Gasteiger partial charge in [0.2, 0.25) is 5.91 Å². The molecule has 0 spiro atoms. The van der Waals surface area contributed by atoms with Crippen molar-refractivity contribution in [3.05, 3.63) is 71.9 Å². The maximum atomic E-state index is 12.6. The predicted molar refractivity (Wildman–Crippen MR) is 106 cm³/mol. The maximum Gasteiger partial charge on any atom is 0.252 e. The fourth-order valence-electron chi connectivity index (χ4n) is 3.05. The van der Waals surface area contributed by atoms with Crippen LogP contribution in [0.1, 0.15) is 28.8 Å². The summed E-state index contributed by atoms with van der Waals surface area (Å²) in [5.74, 6) is -0.00254. The Bertz CT molecular complexity index is 991. The Labute approximate surface area is 162 Å². The van der Waals surface area contributed by atoms with Crippen molar-refractivity contribution in [2.75, 3.05) is 5.73 Å². The average molecular weight is 375 g/mol. The number of amides is 2. The van der Waals surface area contributed by atoms with Gasteiger partial charge in [0.1, 0.15) is 5.54 Å². The molecule has 3 aromatic rings. The number of benzene rings is 2. The summed E-state index contributed by atoms with van der Waals surface area (Å²) in [5, 5.41) is 5.81. The van der Waals surface area contributed by atoms with Crippen molar-refractivity contribution in [2.24, 2.45) is 0 Å². The number of hydrogen-bond donors (Lipinski definition) is 4. The van der Waals surface area contributed by atoms with E-state index in [9.17, 15) is 9.59 Å². The van der Waals surface area contributed by atoms with Gasteiger partial charge in [-0.1, -0.05) is 42.5 Å². The van der Waals surface area contributed by atoms with E-state index < -0.39 is 5.54 Å². The van der Waals surface area contributed by atoms with Crippen molar-refractivity contribution in [2.45, 2.75) is 24.9 Å². The Kier molecular flexibility index (Phi) is 4.57. The molecule has 4 rings (SSSR count). The van der Waals surface area contributed by atoms with E-state index in [0.717, 1.165) is 16.8 Å². The lowest BCUT2D eigenvalue weighted by molar-refractivity contribution is -0.124. The van der Waals surface area contributed by atoms with Crippen LogP contribution >= 0.6 is 0 Å². The maximum absolute atomic E-state index is 12.6. The van der Waals surface area contributed by atoms with Gasteiger partial charge in [0.25, 0.3) is 5.91 Å². The van der Waals surface area contributed by atoms with Gasteiger partial charge in [-0.05, 0) is 36.1 Å². The highest BCUT2D eigenvalue weighted by Gasteiger charge is 2.51. The molecule has 0 atom stereocenters. The molecule has 1 saturated carbocycles. The number of nitrogens with one attached hydrogen (secondary N) is 3. The summed E-state index contributed by atoms with van der Waals surface area (Å²) in [6.45, 7) is 0.396. The highest BCUT2D eigenvalue weighted by atomic mass is 16.2. The van der Waals surface area contributed by atoms with Crippen LogP contribution in [-0.2, 0) is 11.3 Å². The lowest BCUT2D eigenvalue weighted by atomic mass is 10.1. The van der Waals surface area contributed by atoms with Gasteiger partial charge in [-0.3, -0.25) is 9.59 Å². The molecule has 0 bridgehead atoms. The predicted octanol–water partition coefficient (Wildman–Crippen LogP) is 2.24. The van der Waals surface area contributed by atoms with Crippen molar-refractivity contribution in [3.63, 3.8) is 0 Å². The van der Waals surface area contributed by atoms with E-state index in [0.29, 0.717) is 30.9 Å². The lowest BCUT2D eigenvalue weighted by Crippen LogP contribution is -2.48. The number of hydrogen-bond acceptors (Lipinski definition) is 4. The SMILES string of the molecule is Nc1ncc(-c2ccc(CNC(=O)C3(NC(=O)c4ccccc4)CC3)cc2)[nH]1. The molecule has 1 aliphatic rings. The number of nitrogens with zero attached hydrogens (tertiary/aromatic N) is 1. The van der Waals surface area contributed by atoms with E-state index in [1.165, 1.54) is 0 Å². The van der Waals surface area contributed by atoms with E-state index >= 15 is 0 Å². The summed E-state index contributed by atoms with van der Waals surface area (Å²) in [5.41, 5.74) is 8.14. The minimum Gasteiger partial charge on any atom is -0.369 e. The minimum absolute atomic E-state index is 0.151. The minimum atomic E-state index is -0.791. The molecule has 1 aromatic heterocycles. The number of aromatic nitrogens is 2. The van der Waals surface area contributed by atoms with E-state index in [-0.39, 0.29) is 11.8 Å². The highest BCUT2D eigenvalue weighted by molar-refractivity contribution is 6.00. The number of carbonyl (C=O) groups is 2. The van der Waals surface area contributed by atoms with Crippen molar-refractivity contribution in [1.82, 2.24) is 20.6 Å². The van der Waals surface area contributed by atoms with Crippen LogP contribution in [0, 0.1) is 0 Å². The quantitative estimate of drug-likeness (QED) is 0.529. The van der Waals surface area contributed by atoms with Gasteiger partial charge in [0.15, 0.2) is 5.95 Å². The third-order valence-electron chi connectivity index (χ3n) is 4.89. The third-order valence-corrected chi connectivity index (χ3v) is 4.89. The molecule has 1 aliphatic carbocycles. The number of nitrogens with two attached hydrogens (primary N) is 1. The molecule has 0 saturated heterocycles. The zero-order chi connectivity index (χ0) is 19.6. The number of imidazole rings is 1. The normalized spacial score (nSPS) is 14.3. The monoisotopic (exact) mass is 375 g/mol. The number of carbonyl (C=O) groups excluding carboxylic acids is 2. The van der Waals surface area contributed by atoms with Crippen LogP contribution in [-0.4, -0.2) is 27.3 Å². The van der Waals surface area contributed by atoms with E-state index in [1.54, 1.807) is 30.5 Å². The van der Waals surface area contributed by atoms with Gasteiger partial charge in [-0.15, -0.1) is 0 Å². The molecule has 0 aliphatic heterocycles. The van der Waals surface area contributed by atoms with E-state index in [1.807, 2.05) is 30.3 Å². The van der Waals surface area contributed by atoms with Gasteiger partial charge >= 0.3 is 0 Å². The van der Waals surface area contributed by atoms with Crippen molar-refractivity contribution in [3.8, 4) is 11.3 Å². The number of anilines is 1. The van der Waals surface area contributed by atoms with Crippen molar-refractivity contribution < 1.29 is 9.59 Å². The molecule has 5 N–H and O–H groups in total. The molecule has 1 heterocycles. The third kappa shape index (κ3) is 3.73. The molecule has 1 fully saturated rings. The van der Waals surface area contributed by atoms with Gasteiger partial charge in [0.05, 0.1) is 11.9 Å². The molecular weight excluding hydrogens is 354 g/mol. The first-order valence-corrected chi connectivity index (χ1v) is 9.11. The summed E-state index contributed by atoms with van der Waals surface area (Å²) in [6.07, 6.45) is 2.98. The second-order valence-electron chi connectivity index (χ2n) is 6.96. The molecule has 0 radical (unpaired) electrons. The smallest absolute Gasteiger partial charge is 0.252 e. The molecular formula is C21H21N5O2. The summed E-state index contributed by atoms with van der Waals surface area (Å²) < 4.78 is 0. The topological polar surface area (TPSA) is 113 Å². The van der Waals surface area contributed by atoms with Crippen molar-refractivity contribution >= 4 is 17.8 Å². The number of nitrogen functional groups attached to an aromatic ring is 1. The van der Waals surface area contributed by atoms with Crippen LogP contribution in [0.25, 0.3) is 11.3 Å². The first-order chi connectivity index (χ1) is 13.6. The molecule has 7 heteroatoms. The zero-order valence-electron chi connectivity index (χ0n) is 15.2.